The Bertz CT molecular complexity index is 499. The second kappa shape index (κ2) is 2.49. The van der Waals surface area contributed by atoms with Crippen LogP contribution in [0, 0.1) is 0 Å². The highest BCUT2D eigenvalue weighted by Gasteiger charge is 2.41. The van der Waals surface area contributed by atoms with Crippen molar-refractivity contribution >= 4 is 22.6 Å². The molecule has 0 saturated heterocycles. The number of aromatic nitrogens is 2. The van der Waals surface area contributed by atoms with E-state index in [0.717, 1.165) is 29.6 Å². The number of pyridine rings is 1. The highest BCUT2D eigenvalue weighted by molar-refractivity contribution is 6.31. The van der Waals surface area contributed by atoms with Crippen molar-refractivity contribution in [1.82, 2.24) is 9.97 Å². The molecule has 0 atom stereocenters. The van der Waals surface area contributed by atoms with E-state index in [4.69, 9.17) is 17.3 Å². The fourth-order valence-electron chi connectivity index (χ4n) is 1.66. The molecule has 3 N–H and O–H groups in total. The molecule has 0 radical (unpaired) electrons. The average molecular weight is 208 g/mol. The van der Waals surface area contributed by atoms with Gasteiger partial charge in [-0.2, -0.15) is 0 Å². The fourth-order valence-corrected chi connectivity index (χ4v) is 1.81. The SMILES string of the molecule is NC1(c2cc3ncc(Cl)cc3[nH]2)CC1. The first-order valence-electron chi connectivity index (χ1n) is 4.61. The number of hydrogen-bond donors (Lipinski definition) is 2. The first-order valence-corrected chi connectivity index (χ1v) is 4.99. The van der Waals surface area contributed by atoms with Crippen molar-refractivity contribution in [3.63, 3.8) is 0 Å². The topological polar surface area (TPSA) is 54.7 Å². The molecule has 0 aromatic carbocycles. The Balaban J connectivity index is 2.20. The van der Waals surface area contributed by atoms with Crippen LogP contribution in [0.15, 0.2) is 18.3 Å². The monoisotopic (exact) mass is 207 g/mol. The molecule has 72 valence electrons. The third kappa shape index (κ3) is 1.13. The van der Waals surface area contributed by atoms with Crippen LogP contribution in [0.25, 0.3) is 11.0 Å². The van der Waals surface area contributed by atoms with E-state index < -0.39 is 0 Å². The molecular formula is C10H10ClN3. The third-order valence-electron chi connectivity index (χ3n) is 2.76. The van der Waals surface area contributed by atoms with Crippen LogP contribution in [0.2, 0.25) is 5.02 Å². The molecule has 3 rings (SSSR count). The minimum Gasteiger partial charge on any atom is -0.355 e. The van der Waals surface area contributed by atoms with Gasteiger partial charge in [0.1, 0.15) is 0 Å². The third-order valence-corrected chi connectivity index (χ3v) is 2.97. The Morgan fingerprint density at radius 2 is 2.21 bits per heavy atom. The second-order valence-corrected chi connectivity index (χ2v) is 4.36. The quantitative estimate of drug-likeness (QED) is 0.753. The lowest BCUT2D eigenvalue weighted by atomic mass is 10.2. The number of rotatable bonds is 1. The lowest BCUT2D eigenvalue weighted by molar-refractivity contribution is 0.717. The molecule has 2 aromatic heterocycles. The largest absolute Gasteiger partial charge is 0.355 e. The molecule has 3 nitrogen and oxygen atoms in total. The molecule has 1 saturated carbocycles. The number of nitrogens with one attached hydrogen (secondary N) is 1. The van der Waals surface area contributed by atoms with E-state index in [-0.39, 0.29) is 5.54 Å². The van der Waals surface area contributed by atoms with E-state index in [1.165, 1.54) is 0 Å². The number of fused-ring (bicyclic) bond motifs is 1. The van der Waals surface area contributed by atoms with Gasteiger partial charge in [-0.3, -0.25) is 4.98 Å². The summed E-state index contributed by atoms with van der Waals surface area (Å²) in [4.78, 5) is 7.49. The van der Waals surface area contributed by atoms with Gasteiger partial charge < -0.3 is 10.7 Å². The van der Waals surface area contributed by atoms with E-state index in [1.807, 2.05) is 12.1 Å². The minimum atomic E-state index is -0.132. The fraction of sp³-hybridized carbons (Fsp3) is 0.300. The molecule has 0 unspecified atom stereocenters. The summed E-state index contributed by atoms with van der Waals surface area (Å²) in [5.41, 5.74) is 8.91. The predicted octanol–water partition coefficient (Wildman–Crippen LogP) is 2.16. The van der Waals surface area contributed by atoms with Crippen molar-refractivity contribution in [2.45, 2.75) is 18.4 Å². The van der Waals surface area contributed by atoms with Gasteiger partial charge in [-0.15, -0.1) is 0 Å². The molecule has 2 aromatic rings. The summed E-state index contributed by atoms with van der Waals surface area (Å²) in [6.07, 6.45) is 3.75. The Kier molecular flexibility index (Phi) is 1.47. The zero-order chi connectivity index (χ0) is 9.76. The number of hydrogen-bond acceptors (Lipinski definition) is 2. The maximum absolute atomic E-state index is 6.08. The molecule has 0 bridgehead atoms. The van der Waals surface area contributed by atoms with E-state index in [2.05, 4.69) is 9.97 Å². The highest BCUT2D eigenvalue weighted by Crippen LogP contribution is 2.42. The van der Waals surface area contributed by atoms with Crippen LogP contribution in [0.3, 0.4) is 0 Å². The average Bonchev–Trinajstić information content (AvgIpc) is 2.77. The Morgan fingerprint density at radius 3 is 2.93 bits per heavy atom. The van der Waals surface area contributed by atoms with Crippen molar-refractivity contribution in [1.29, 1.82) is 0 Å². The van der Waals surface area contributed by atoms with Crippen molar-refractivity contribution in [2.24, 2.45) is 5.73 Å². The number of halogens is 1. The van der Waals surface area contributed by atoms with Crippen LogP contribution >= 0.6 is 11.6 Å². The highest BCUT2D eigenvalue weighted by atomic mass is 35.5. The zero-order valence-electron chi connectivity index (χ0n) is 7.55. The summed E-state index contributed by atoms with van der Waals surface area (Å²) >= 11 is 5.84. The maximum Gasteiger partial charge on any atom is 0.0883 e. The summed E-state index contributed by atoms with van der Waals surface area (Å²) in [5, 5.41) is 0.646. The van der Waals surface area contributed by atoms with Gasteiger partial charge in [-0.05, 0) is 25.0 Å². The normalized spacial score (nSPS) is 18.7. The van der Waals surface area contributed by atoms with Gasteiger partial charge in [-0.25, -0.2) is 0 Å². The van der Waals surface area contributed by atoms with Gasteiger partial charge in [0.05, 0.1) is 21.6 Å². The van der Waals surface area contributed by atoms with Crippen LogP contribution in [0.1, 0.15) is 18.5 Å². The van der Waals surface area contributed by atoms with Crippen molar-refractivity contribution < 1.29 is 0 Å². The van der Waals surface area contributed by atoms with Crippen molar-refractivity contribution in [3.8, 4) is 0 Å². The number of nitrogens with zero attached hydrogens (tertiary/aromatic N) is 1. The first kappa shape index (κ1) is 8.26. The first-order chi connectivity index (χ1) is 6.67. The van der Waals surface area contributed by atoms with Crippen LogP contribution < -0.4 is 5.73 Å². The van der Waals surface area contributed by atoms with Crippen molar-refractivity contribution in [3.05, 3.63) is 29.0 Å². The molecule has 0 aliphatic heterocycles. The van der Waals surface area contributed by atoms with Gasteiger partial charge in [0.15, 0.2) is 0 Å². The molecule has 14 heavy (non-hydrogen) atoms. The Hall–Kier alpha value is -1.06. The summed E-state index contributed by atoms with van der Waals surface area (Å²) in [5.74, 6) is 0. The molecule has 1 aliphatic rings. The molecule has 2 heterocycles. The predicted molar refractivity (Wildman–Crippen MR) is 56.2 cm³/mol. The van der Waals surface area contributed by atoms with Gasteiger partial charge in [0.2, 0.25) is 0 Å². The summed E-state index contributed by atoms with van der Waals surface area (Å²) in [6, 6.07) is 3.89. The van der Waals surface area contributed by atoms with Gasteiger partial charge >= 0.3 is 0 Å². The zero-order valence-corrected chi connectivity index (χ0v) is 8.30. The van der Waals surface area contributed by atoms with Gasteiger partial charge in [0.25, 0.3) is 0 Å². The molecule has 4 heteroatoms. The van der Waals surface area contributed by atoms with Crippen LogP contribution in [0.5, 0.6) is 0 Å². The Morgan fingerprint density at radius 1 is 1.43 bits per heavy atom. The van der Waals surface area contributed by atoms with E-state index in [1.54, 1.807) is 6.20 Å². The minimum absolute atomic E-state index is 0.132. The second-order valence-electron chi connectivity index (χ2n) is 3.93. The summed E-state index contributed by atoms with van der Waals surface area (Å²) < 4.78 is 0. The lowest BCUT2D eigenvalue weighted by Crippen LogP contribution is -2.18. The maximum atomic E-state index is 6.08. The number of H-pyrrole nitrogens is 1. The van der Waals surface area contributed by atoms with E-state index in [0.29, 0.717) is 5.02 Å². The Labute approximate surface area is 86.3 Å². The van der Waals surface area contributed by atoms with E-state index >= 15 is 0 Å². The number of aromatic amines is 1. The van der Waals surface area contributed by atoms with Crippen LogP contribution in [-0.2, 0) is 5.54 Å². The van der Waals surface area contributed by atoms with Gasteiger partial charge in [0, 0.05) is 11.9 Å². The molecule has 1 aliphatic carbocycles. The van der Waals surface area contributed by atoms with E-state index in [9.17, 15) is 0 Å². The molecule has 0 amide bonds. The molecular weight excluding hydrogens is 198 g/mol. The van der Waals surface area contributed by atoms with Crippen LogP contribution in [0.4, 0.5) is 0 Å². The summed E-state index contributed by atoms with van der Waals surface area (Å²) in [7, 11) is 0. The molecule has 1 fully saturated rings. The van der Waals surface area contributed by atoms with Gasteiger partial charge in [-0.1, -0.05) is 11.6 Å². The molecule has 0 spiro atoms. The van der Waals surface area contributed by atoms with Crippen LogP contribution in [-0.4, -0.2) is 9.97 Å². The lowest BCUT2D eigenvalue weighted by Gasteiger charge is -2.03. The summed E-state index contributed by atoms with van der Waals surface area (Å²) in [6.45, 7) is 0. The number of nitrogens with two attached hydrogens (primary N) is 1. The standard InChI is InChI=1S/C10H10ClN3/c11-6-3-8-7(13-5-6)4-9(14-8)10(12)1-2-10/h3-5,14H,1-2,12H2. The van der Waals surface area contributed by atoms with Crippen molar-refractivity contribution in [2.75, 3.05) is 0 Å². The smallest absolute Gasteiger partial charge is 0.0883 e.